The molecule has 56 heavy (non-hydrogen) atoms. The fraction of sp³-hybridized carbons (Fsp3) is 0.296. The first kappa shape index (κ1) is 32.9. The fourth-order valence-corrected chi connectivity index (χ4v) is 13.0. The van der Waals surface area contributed by atoms with E-state index in [2.05, 4.69) is 177 Å². The van der Waals surface area contributed by atoms with Gasteiger partial charge in [0.05, 0.1) is 5.69 Å². The number of anilines is 3. The molecule has 1 aliphatic heterocycles. The van der Waals surface area contributed by atoms with Crippen molar-refractivity contribution in [3.05, 3.63) is 174 Å². The summed E-state index contributed by atoms with van der Waals surface area (Å²) in [5, 5.41) is 2.53. The number of benzene rings is 6. The van der Waals surface area contributed by atoms with Crippen LogP contribution in [0, 0.1) is 23.2 Å². The van der Waals surface area contributed by atoms with Crippen molar-refractivity contribution in [1.29, 1.82) is 0 Å². The topological polar surface area (TPSA) is 12.5 Å². The SMILES string of the molecule is CC(C)(C)c1ccc(N(c2ccc(-c3ccc4ccccc4c3)cc2)c2cccc3c2C2C=C(c4ccccc4C45CC6CC7CC(C4)C65C7)C=CC2O3)cc1. The highest BCUT2D eigenvalue weighted by atomic mass is 16.5. The van der Waals surface area contributed by atoms with Crippen molar-refractivity contribution >= 4 is 33.4 Å². The zero-order valence-electron chi connectivity index (χ0n) is 32.7. The van der Waals surface area contributed by atoms with Crippen LogP contribution in [0.5, 0.6) is 5.75 Å². The van der Waals surface area contributed by atoms with E-state index in [1.807, 2.05) is 0 Å². The second kappa shape index (κ2) is 11.6. The summed E-state index contributed by atoms with van der Waals surface area (Å²) in [7, 11) is 0. The van der Waals surface area contributed by atoms with Crippen molar-refractivity contribution in [3.8, 4) is 16.9 Å². The van der Waals surface area contributed by atoms with Crippen LogP contribution in [0.2, 0.25) is 0 Å². The Labute approximate surface area is 331 Å². The molecule has 5 aliphatic carbocycles. The van der Waals surface area contributed by atoms with Crippen LogP contribution >= 0.6 is 0 Å². The molecule has 12 rings (SSSR count). The number of hydrogen-bond donors (Lipinski definition) is 0. The molecule has 1 heterocycles. The average molecular weight is 728 g/mol. The summed E-state index contributed by atoms with van der Waals surface area (Å²) in [6.45, 7) is 6.86. The Kier molecular flexibility index (Phi) is 6.81. The quantitative estimate of drug-likeness (QED) is 0.169. The molecule has 4 fully saturated rings. The van der Waals surface area contributed by atoms with Gasteiger partial charge in [0, 0.05) is 28.3 Å². The number of fused-ring (bicyclic) bond motifs is 5. The van der Waals surface area contributed by atoms with Gasteiger partial charge in [-0.2, -0.15) is 0 Å². The minimum atomic E-state index is -0.0224. The molecule has 0 saturated heterocycles. The highest BCUT2D eigenvalue weighted by Gasteiger charge is 2.81. The Bertz CT molecular complexity index is 2600. The molecule has 1 spiro atoms. The van der Waals surface area contributed by atoms with Gasteiger partial charge in [-0.15, -0.1) is 0 Å². The molecule has 0 radical (unpaired) electrons. The van der Waals surface area contributed by atoms with Crippen molar-refractivity contribution in [2.24, 2.45) is 23.2 Å². The number of hydrogen-bond acceptors (Lipinski definition) is 2. The van der Waals surface area contributed by atoms with Crippen LogP contribution in [0.25, 0.3) is 27.5 Å². The summed E-state index contributed by atoms with van der Waals surface area (Å²) >= 11 is 0. The maximum atomic E-state index is 6.81. The zero-order valence-corrected chi connectivity index (χ0v) is 32.7. The van der Waals surface area contributed by atoms with Gasteiger partial charge in [-0.05, 0) is 153 Å². The monoisotopic (exact) mass is 727 g/mol. The lowest BCUT2D eigenvalue weighted by molar-refractivity contribution is -0.205. The van der Waals surface area contributed by atoms with E-state index < -0.39 is 0 Å². The minimum Gasteiger partial charge on any atom is -0.485 e. The molecule has 2 heteroatoms. The van der Waals surface area contributed by atoms with Crippen LogP contribution in [0.1, 0.15) is 81.0 Å². The van der Waals surface area contributed by atoms with Crippen LogP contribution in [-0.4, -0.2) is 6.10 Å². The summed E-state index contributed by atoms with van der Waals surface area (Å²) in [4.78, 5) is 2.46. The average Bonchev–Trinajstić information content (AvgIpc) is 3.89. The molecule has 0 aromatic heterocycles. The number of rotatable bonds is 6. The predicted molar refractivity (Wildman–Crippen MR) is 231 cm³/mol. The highest BCUT2D eigenvalue weighted by Crippen LogP contribution is 2.87. The first-order chi connectivity index (χ1) is 27.3. The second-order valence-electron chi connectivity index (χ2n) is 19.0. The predicted octanol–water partition coefficient (Wildman–Crippen LogP) is 13.8. The van der Waals surface area contributed by atoms with Crippen LogP contribution < -0.4 is 9.64 Å². The van der Waals surface area contributed by atoms with Crippen molar-refractivity contribution < 1.29 is 4.74 Å². The standard InChI is InChI=1S/C54H49NO/c1-52(2,3)40-20-24-44(25-21-40)55(43-22-17-36(18-23-43)38-16-15-35-9-4-5-10-37(35)29-38)48-13-8-14-50-51(48)46-30-39(19-26-49(46)56-50)45-11-6-7-12-47(45)53-32-41-27-34-28-42(33-53)54(41,53)31-34/h4-26,29-30,34,41-42,46,49H,27-28,31-33H2,1-3H3. The van der Waals surface area contributed by atoms with E-state index in [0.29, 0.717) is 10.8 Å². The molecule has 4 saturated carbocycles. The van der Waals surface area contributed by atoms with Gasteiger partial charge in [0.2, 0.25) is 0 Å². The van der Waals surface area contributed by atoms with Gasteiger partial charge in [0.15, 0.2) is 0 Å². The van der Waals surface area contributed by atoms with Crippen LogP contribution in [0.3, 0.4) is 0 Å². The van der Waals surface area contributed by atoms with Crippen LogP contribution in [0.4, 0.5) is 17.1 Å². The Morgan fingerprint density at radius 2 is 1.36 bits per heavy atom. The molecule has 6 aromatic rings. The largest absolute Gasteiger partial charge is 0.485 e. The van der Waals surface area contributed by atoms with Crippen molar-refractivity contribution in [2.45, 2.75) is 75.7 Å². The van der Waals surface area contributed by atoms with E-state index >= 15 is 0 Å². The number of ether oxygens (including phenoxy) is 1. The van der Waals surface area contributed by atoms with E-state index in [1.165, 1.54) is 82.0 Å². The number of allylic oxidation sites excluding steroid dienone is 2. The summed E-state index contributed by atoms with van der Waals surface area (Å²) < 4.78 is 6.81. The molecule has 0 N–H and O–H groups in total. The van der Waals surface area contributed by atoms with Gasteiger partial charge in [0.1, 0.15) is 11.9 Å². The number of nitrogens with zero attached hydrogens (tertiary/aromatic N) is 1. The molecule has 2 bridgehead atoms. The lowest BCUT2D eigenvalue weighted by Crippen LogP contribution is -2.71. The normalized spacial score (nSPS) is 28.8. The lowest BCUT2D eigenvalue weighted by Gasteiger charge is -2.75. The van der Waals surface area contributed by atoms with E-state index in [1.54, 1.807) is 5.56 Å². The lowest BCUT2D eigenvalue weighted by atomic mass is 9.28. The van der Waals surface area contributed by atoms with Gasteiger partial charge in [-0.25, -0.2) is 0 Å². The second-order valence-corrected chi connectivity index (χ2v) is 19.0. The van der Waals surface area contributed by atoms with Crippen molar-refractivity contribution in [2.75, 3.05) is 4.90 Å². The van der Waals surface area contributed by atoms with Gasteiger partial charge >= 0.3 is 0 Å². The summed E-state index contributed by atoms with van der Waals surface area (Å²) in [5.74, 6) is 4.03. The smallest absolute Gasteiger partial charge is 0.128 e. The minimum absolute atomic E-state index is 0.0224. The molecule has 6 aliphatic rings. The zero-order chi connectivity index (χ0) is 37.4. The highest BCUT2D eigenvalue weighted by molar-refractivity contribution is 5.89. The molecular formula is C54H49NO. The molecular weight excluding hydrogens is 679 g/mol. The van der Waals surface area contributed by atoms with E-state index in [0.717, 1.165) is 34.9 Å². The molecule has 4 unspecified atom stereocenters. The Morgan fingerprint density at radius 3 is 2.11 bits per heavy atom. The third kappa shape index (κ3) is 4.50. The summed E-state index contributed by atoms with van der Waals surface area (Å²) in [6.07, 6.45) is 14.5. The maximum Gasteiger partial charge on any atom is 0.128 e. The molecule has 2 nitrogen and oxygen atoms in total. The molecule has 4 atom stereocenters. The fourth-order valence-electron chi connectivity index (χ4n) is 13.0. The van der Waals surface area contributed by atoms with Gasteiger partial charge < -0.3 is 9.64 Å². The first-order valence-corrected chi connectivity index (χ1v) is 21.1. The van der Waals surface area contributed by atoms with Crippen LogP contribution in [0.15, 0.2) is 152 Å². The van der Waals surface area contributed by atoms with Crippen molar-refractivity contribution in [1.82, 2.24) is 0 Å². The summed E-state index contributed by atoms with van der Waals surface area (Å²) in [6, 6.07) is 49.9. The maximum absolute atomic E-state index is 6.81. The van der Waals surface area contributed by atoms with Gasteiger partial charge in [0.25, 0.3) is 0 Å². The molecule has 6 aromatic carbocycles. The van der Waals surface area contributed by atoms with Crippen LogP contribution in [-0.2, 0) is 10.8 Å². The molecule has 276 valence electrons. The van der Waals surface area contributed by atoms with E-state index in [-0.39, 0.29) is 17.4 Å². The van der Waals surface area contributed by atoms with Gasteiger partial charge in [-0.1, -0.05) is 124 Å². The molecule has 0 amide bonds. The first-order valence-electron chi connectivity index (χ1n) is 21.1. The third-order valence-electron chi connectivity index (χ3n) is 15.4. The Balaban J connectivity index is 0.952. The Hall–Kier alpha value is -5.34. The van der Waals surface area contributed by atoms with Gasteiger partial charge in [-0.3, -0.25) is 0 Å². The van der Waals surface area contributed by atoms with E-state index in [9.17, 15) is 0 Å². The van der Waals surface area contributed by atoms with Crippen molar-refractivity contribution in [3.63, 3.8) is 0 Å². The summed E-state index contributed by atoms with van der Waals surface area (Å²) in [5.41, 5.74) is 14.0. The third-order valence-corrected chi connectivity index (χ3v) is 15.4. The Morgan fingerprint density at radius 1 is 0.661 bits per heavy atom. The van der Waals surface area contributed by atoms with E-state index in [4.69, 9.17) is 4.74 Å².